The van der Waals surface area contributed by atoms with E-state index in [-0.39, 0.29) is 78.4 Å². The van der Waals surface area contributed by atoms with Crippen LogP contribution in [0.25, 0.3) is 0 Å². The fourth-order valence-electron chi connectivity index (χ4n) is 9.23. The SMILES string of the molecule is COC(=O)[C@H]1CCCC[C@@H]1NC(=O)C[C@H](C)NC(=O)[C@H]1CCCC[C@@H]1NC(=O)[C@H]1CCCC[C@@H]1NC(=O)C[C@H](C)NC(=O)[C@H]1CCCC[C@@H]1NC(=O)OC(C)(C)C. The fraction of sp³-hybridized carbons (Fsp3) is 0.833. The molecule has 0 heterocycles. The Balaban J connectivity index is 1.25. The molecule has 15 heteroatoms. The summed E-state index contributed by atoms with van der Waals surface area (Å²) < 4.78 is 10.4. The maximum atomic E-state index is 13.8. The summed E-state index contributed by atoms with van der Waals surface area (Å²) in [4.78, 5) is 91.7. The third kappa shape index (κ3) is 14.5. The molecule has 0 aromatic carbocycles. The molecule has 0 unspecified atom stereocenters. The summed E-state index contributed by atoms with van der Waals surface area (Å²) in [6, 6.07) is -2.27. The minimum atomic E-state index is -0.652. The first-order valence-electron chi connectivity index (χ1n) is 21.6. The first kappa shape index (κ1) is 45.8. The third-order valence-corrected chi connectivity index (χ3v) is 12.1. The van der Waals surface area contributed by atoms with Gasteiger partial charge in [-0.2, -0.15) is 0 Å². The summed E-state index contributed by atoms with van der Waals surface area (Å²) in [5.41, 5.74) is -0.652. The lowest BCUT2D eigenvalue weighted by molar-refractivity contribution is -0.148. The summed E-state index contributed by atoms with van der Waals surface area (Å²) in [5.74, 6) is -3.06. The lowest BCUT2D eigenvalue weighted by Gasteiger charge is -2.36. The van der Waals surface area contributed by atoms with E-state index in [1.54, 1.807) is 34.6 Å². The quantitative estimate of drug-likeness (QED) is 0.140. The maximum absolute atomic E-state index is 13.8. The first-order chi connectivity index (χ1) is 27.0. The Morgan fingerprint density at radius 3 is 1.28 bits per heavy atom. The van der Waals surface area contributed by atoms with Crippen LogP contribution in [-0.2, 0) is 38.2 Å². The van der Waals surface area contributed by atoms with Gasteiger partial charge < -0.3 is 41.4 Å². The zero-order valence-corrected chi connectivity index (χ0v) is 35.2. The van der Waals surface area contributed by atoms with Gasteiger partial charge in [0, 0.05) is 49.1 Å². The number of rotatable bonds is 14. The number of esters is 1. The molecular formula is C42H70N6O9. The minimum absolute atomic E-state index is 0.0427. The van der Waals surface area contributed by atoms with Gasteiger partial charge >= 0.3 is 12.1 Å². The second kappa shape index (κ2) is 21.7. The van der Waals surface area contributed by atoms with Crippen molar-refractivity contribution in [3.05, 3.63) is 0 Å². The number of alkyl carbamates (subject to hydrolysis) is 1. The second-order valence-corrected chi connectivity index (χ2v) is 18.0. The molecule has 4 saturated carbocycles. The number of hydrogen-bond acceptors (Lipinski definition) is 9. The number of nitrogens with one attached hydrogen (secondary N) is 6. The van der Waals surface area contributed by atoms with Crippen molar-refractivity contribution in [1.29, 1.82) is 0 Å². The highest BCUT2D eigenvalue weighted by Crippen LogP contribution is 2.30. The van der Waals surface area contributed by atoms with Crippen LogP contribution >= 0.6 is 0 Å². The zero-order valence-electron chi connectivity index (χ0n) is 35.2. The largest absolute Gasteiger partial charge is 0.469 e. The van der Waals surface area contributed by atoms with Crippen LogP contribution in [-0.4, -0.2) is 90.6 Å². The number of ether oxygens (including phenoxy) is 2. The van der Waals surface area contributed by atoms with Gasteiger partial charge in [-0.25, -0.2) is 4.79 Å². The molecule has 0 aromatic rings. The number of carbonyl (C=O) groups excluding carboxylic acids is 7. The van der Waals surface area contributed by atoms with Crippen molar-refractivity contribution < 1.29 is 43.0 Å². The number of methoxy groups -OCH3 is 1. The molecular weight excluding hydrogens is 732 g/mol. The molecule has 4 rings (SSSR count). The van der Waals surface area contributed by atoms with Gasteiger partial charge in [-0.3, -0.25) is 28.8 Å². The molecule has 6 amide bonds. The molecule has 4 fully saturated rings. The molecule has 57 heavy (non-hydrogen) atoms. The minimum Gasteiger partial charge on any atom is -0.469 e. The lowest BCUT2D eigenvalue weighted by Crippen LogP contribution is -2.55. The van der Waals surface area contributed by atoms with E-state index in [9.17, 15) is 33.6 Å². The third-order valence-electron chi connectivity index (χ3n) is 12.1. The van der Waals surface area contributed by atoms with Crippen molar-refractivity contribution in [2.45, 2.75) is 192 Å². The Labute approximate surface area is 338 Å². The average Bonchev–Trinajstić information content (AvgIpc) is 3.14. The van der Waals surface area contributed by atoms with Crippen LogP contribution in [0.4, 0.5) is 4.79 Å². The van der Waals surface area contributed by atoms with Gasteiger partial charge in [0.25, 0.3) is 0 Å². The molecule has 322 valence electrons. The summed E-state index contributed by atoms with van der Waals surface area (Å²) in [5, 5.41) is 18.1. The van der Waals surface area contributed by atoms with E-state index >= 15 is 0 Å². The van der Waals surface area contributed by atoms with Crippen LogP contribution in [0, 0.1) is 23.7 Å². The van der Waals surface area contributed by atoms with Crippen LogP contribution in [0.15, 0.2) is 0 Å². The van der Waals surface area contributed by atoms with Crippen LogP contribution in [0.2, 0.25) is 0 Å². The van der Waals surface area contributed by atoms with E-state index in [4.69, 9.17) is 9.47 Å². The normalized spacial score (nSPS) is 28.9. The van der Waals surface area contributed by atoms with Gasteiger partial charge in [0.15, 0.2) is 0 Å². The van der Waals surface area contributed by atoms with Crippen molar-refractivity contribution in [1.82, 2.24) is 31.9 Å². The number of hydrogen-bond donors (Lipinski definition) is 6. The monoisotopic (exact) mass is 803 g/mol. The fourth-order valence-corrected chi connectivity index (χ4v) is 9.23. The Morgan fingerprint density at radius 1 is 0.509 bits per heavy atom. The highest BCUT2D eigenvalue weighted by molar-refractivity contribution is 5.86. The molecule has 0 bridgehead atoms. The molecule has 0 radical (unpaired) electrons. The molecule has 10 atom stereocenters. The Hall–Kier alpha value is -3.91. The van der Waals surface area contributed by atoms with Gasteiger partial charge in [-0.15, -0.1) is 0 Å². The Bertz CT molecular complexity index is 1420. The van der Waals surface area contributed by atoms with Crippen molar-refractivity contribution >= 4 is 41.6 Å². The maximum Gasteiger partial charge on any atom is 0.407 e. The van der Waals surface area contributed by atoms with E-state index in [2.05, 4.69) is 31.9 Å². The first-order valence-corrected chi connectivity index (χ1v) is 21.6. The summed E-state index contributed by atoms with van der Waals surface area (Å²) in [7, 11) is 1.36. The highest BCUT2D eigenvalue weighted by Gasteiger charge is 2.39. The van der Waals surface area contributed by atoms with E-state index in [1.165, 1.54) is 7.11 Å². The van der Waals surface area contributed by atoms with Gasteiger partial charge in [0.05, 0.1) is 30.8 Å². The van der Waals surface area contributed by atoms with Crippen LogP contribution in [0.3, 0.4) is 0 Å². The van der Waals surface area contributed by atoms with Gasteiger partial charge in [0.2, 0.25) is 29.5 Å². The average molecular weight is 803 g/mol. The smallest absolute Gasteiger partial charge is 0.407 e. The highest BCUT2D eigenvalue weighted by atomic mass is 16.6. The summed E-state index contributed by atoms with van der Waals surface area (Å²) in [6.07, 6.45) is 11.8. The van der Waals surface area contributed by atoms with Crippen molar-refractivity contribution in [3.63, 3.8) is 0 Å². The molecule has 4 aliphatic carbocycles. The predicted molar refractivity (Wildman–Crippen MR) is 213 cm³/mol. The second-order valence-electron chi connectivity index (χ2n) is 18.0. The van der Waals surface area contributed by atoms with E-state index in [0.717, 1.165) is 51.4 Å². The molecule has 6 N–H and O–H groups in total. The molecule has 0 spiro atoms. The summed E-state index contributed by atoms with van der Waals surface area (Å²) >= 11 is 0. The van der Waals surface area contributed by atoms with E-state index in [1.807, 2.05) is 0 Å². The summed E-state index contributed by atoms with van der Waals surface area (Å²) in [6.45, 7) is 8.93. The molecule has 0 aromatic heterocycles. The Morgan fingerprint density at radius 2 is 0.860 bits per heavy atom. The van der Waals surface area contributed by atoms with Crippen molar-refractivity contribution in [2.75, 3.05) is 7.11 Å². The molecule has 4 aliphatic rings. The topological polar surface area (TPSA) is 210 Å². The Kier molecular flexibility index (Phi) is 17.5. The number of amides is 6. The number of carbonyl (C=O) groups is 7. The van der Waals surface area contributed by atoms with Crippen LogP contribution < -0.4 is 31.9 Å². The van der Waals surface area contributed by atoms with E-state index in [0.29, 0.717) is 51.4 Å². The van der Waals surface area contributed by atoms with Gasteiger partial charge in [-0.05, 0) is 86.0 Å². The van der Waals surface area contributed by atoms with Crippen LogP contribution in [0.1, 0.15) is 150 Å². The van der Waals surface area contributed by atoms with Crippen molar-refractivity contribution in [3.8, 4) is 0 Å². The van der Waals surface area contributed by atoms with Gasteiger partial charge in [0.1, 0.15) is 5.60 Å². The van der Waals surface area contributed by atoms with E-state index < -0.39 is 41.5 Å². The lowest BCUT2D eigenvalue weighted by atomic mass is 9.81. The van der Waals surface area contributed by atoms with Crippen LogP contribution in [0.5, 0.6) is 0 Å². The molecule has 15 nitrogen and oxygen atoms in total. The predicted octanol–water partition coefficient (Wildman–Crippen LogP) is 4.06. The zero-order chi connectivity index (χ0) is 41.7. The van der Waals surface area contributed by atoms with Gasteiger partial charge in [-0.1, -0.05) is 51.4 Å². The molecule has 0 aliphatic heterocycles. The standard InChI is InChI=1S/C42H70N6O9/c1-25(44-38(52)29-17-9-13-21-33(29)48-41(55)57-42(3,4)5)23-35(49)45-31-19-11-7-15-27(31)39(53)47-32-20-12-8-16-28(32)37(51)43-26(2)24-36(50)46-34-22-14-10-18-30(34)40(54)56-6/h25-34H,7-24H2,1-6H3,(H,43,51)(H,44,52)(H,45,49)(H,46,50)(H,47,53)(H,48,55)/t25-,26-,27-,28-,29-,30-,31-,32-,33-,34-/m0/s1. The van der Waals surface area contributed by atoms with Crippen molar-refractivity contribution in [2.24, 2.45) is 23.7 Å². The molecule has 0 saturated heterocycles.